The van der Waals surface area contributed by atoms with Crippen LogP contribution in [-0.2, 0) is 0 Å². The zero-order chi connectivity index (χ0) is 38.4. The van der Waals surface area contributed by atoms with Crippen LogP contribution in [0.4, 0.5) is 17.1 Å². The molecule has 0 unspecified atom stereocenters. The number of para-hydroxylation sites is 2. The number of hydrogen-bond acceptors (Lipinski definition) is 2. The van der Waals surface area contributed by atoms with Crippen LogP contribution in [0, 0.1) is 0 Å². The molecule has 11 aromatic rings. The highest BCUT2D eigenvalue weighted by atomic mass is 16.3. The average Bonchev–Trinajstić information content (AvgIpc) is 3.68. The maximum Gasteiger partial charge on any atom is 0.135 e. The number of anilines is 3. The summed E-state index contributed by atoms with van der Waals surface area (Å²) in [5.74, 6) is 0. The molecule has 0 saturated heterocycles. The highest BCUT2D eigenvalue weighted by Gasteiger charge is 2.20. The van der Waals surface area contributed by atoms with Gasteiger partial charge in [0.1, 0.15) is 11.2 Å². The molecule has 0 radical (unpaired) electrons. The van der Waals surface area contributed by atoms with Crippen molar-refractivity contribution in [3.63, 3.8) is 0 Å². The Labute approximate surface area is 337 Å². The van der Waals surface area contributed by atoms with Gasteiger partial charge >= 0.3 is 0 Å². The lowest BCUT2D eigenvalue weighted by atomic mass is 9.93. The summed E-state index contributed by atoms with van der Waals surface area (Å²) < 4.78 is 6.26. The lowest BCUT2D eigenvalue weighted by Gasteiger charge is -2.29. The molecule has 0 aliphatic rings. The minimum atomic E-state index is 0.889. The summed E-state index contributed by atoms with van der Waals surface area (Å²) in [4.78, 5) is 2.42. The lowest BCUT2D eigenvalue weighted by Crippen LogP contribution is -2.11. The van der Waals surface area contributed by atoms with Crippen molar-refractivity contribution in [1.29, 1.82) is 0 Å². The first-order valence-corrected chi connectivity index (χ1v) is 19.8. The van der Waals surface area contributed by atoms with Crippen LogP contribution in [0.2, 0.25) is 0 Å². The first-order chi connectivity index (χ1) is 28.8. The van der Waals surface area contributed by atoms with Gasteiger partial charge in [-0.1, -0.05) is 176 Å². The lowest BCUT2D eigenvalue weighted by molar-refractivity contribution is 0.669. The molecule has 0 fully saturated rings. The zero-order valence-corrected chi connectivity index (χ0v) is 31.7. The van der Waals surface area contributed by atoms with Crippen molar-refractivity contribution < 1.29 is 4.42 Å². The Bertz CT molecular complexity index is 3300. The molecule has 0 aliphatic carbocycles. The van der Waals surface area contributed by atoms with Gasteiger partial charge in [-0.2, -0.15) is 0 Å². The Hall–Kier alpha value is -7.68. The van der Waals surface area contributed by atoms with E-state index >= 15 is 0 Å². The van der Waals surface area contributed by atoms with Crippen molar-refractivity contribution in [3.05, 3.63) is 224 Å². The average molecular weight is 740 g/mol. The quantitative estimate of drug-likeness (QED) is 0.151. The van der Waals surface area contributed by atoms with Crippen molar-refractivity contribution in [1.82, 2.24) is 0 Å². The van der Waals surface area contributed by atoms with Crippen LogP contribution in [-0.4, -0.2) is 0 Å². The number of benzene rings is 10. The second-order valence-electron chi connectivity index (χ2n) is 14.9. The predicted molar refractivity (Wildman–Crippen MR) is 245 cm³/mol. The predicted octanol–water partition coefficient (Wildman–Crippen LogP) is 16.0. The van der Waals surface area contributed by atoms with E-state index in [0.717, 1.165) is 61.3 Å². The number of hydrogen-bond donors (Lipinski definition) is 0. The van der Waals surface area contributed by atoms with E-state index in [9.17, 15) is 0 Å². The minimum Gasteiger partial charge on any atom is -0.456 e. The van der Waals surface area contributed by atoms with E-state index in [1.54, 1.807) is 0 Å². The number of fused-ring (bicyclic) bond motifs is 6. The molecule has 2 heteroatoms. The Balaban J connectivity index is 1.12. The van der Waals surface area contributed by atoms with Crippen molar-refractivity contribution in [3.8, 4) is 44.5 Å². The molecular formula is C56H37NO. The Morgan fingerprint density at radius 1 is 0.276 bits per heavy atom. The molecule has 0 spiro atoms. The fourth-order valence-electron chi connectivity index (χ4n) is 8.76. The van der Waals surface area contributed by atoms with Crippen molar-refractivity contribution in [2.24, 2.45) is 0 Å². The molecule has 0 aliphatic heterocycles. The van der Waals surface area contributed by atoms with Gasteiger partial charge in [-0.05, 0) is 109 Å². The third-order valence-corrected chi connectivity index (χ3v) is 11.5. The second-order valence-corrected chi connectivity index (χ2v) is 14.9. The molecule has 1 heterocycles. The molecule has 272 valence electrons. The highest BCUT2D eigenvalue weighted by Crippen LogP contribution is 2.45. The second kappa shape index (κ2) is 14.1. The molecule has 2 nitrogen and oxygen atoms in total. The van der Waals surface area contributed by atoms with Gasteiger partial charge in [0.2, 0.25) is 0 Å². The van der Waals surface area contributed by atoms with Crippen LogP contribution in [0.1, 0.15) is 0 Å². The number of furan rings is 1. The highest BCUT2D eigenvalue weighted by molar-refractivity contribution is 6.12. The molecule has 11 rings (SSSR count). The van der Waals surface area contributed by atoms with Gasteiger partial charge < -0.3 is 9.32 Å². The summed E-state index contributed by atoms with van der Waals surface area (Å²) in [7, 11) is 0. The van der Waals surface area contributed by atoms with E-state index < -0.39 is 0 Å². The summed E-state index contributed by atoms with van der Waals surface area (Å²) in [6, 6.07) is 80.8. The van der Waals surface area contributed by atoms with E-state index in [-0.39, 0.29) is 0 Å². The largest absolute Gasteiger partial charge is 0.456 e. The number of rotatable bonds is 7. The zero-order valence-electron chi connectivity index (χ0n) is 31.7. The van der Waals surface area contributed by atoms with Gasteiger partial charge in [0.05, 0.1) is 5.69 Å². The van der Waals surface area contributed by atoms with Crippen LogP contribution in [0.25, 0.3) is 88.0 Å². The van der Waals surface area contributed by atoms with Crippen LogP contribution < -0.4 is 4.90 Å². The monoisotopic (exact) mass is 739 g/mol. The van der Waals surface area contributed by atoms with Crippen molar-refractivity contribution >= 4 is 60.5 Å². The molecule has 0 bridgehead atoms. The van der Waals surface area contributed by atoms with Crippen LogP contribution >= 0.6 is 0 Å². The summed E-state index contributed by atoms with van der Waals surface area (Å²) in [5, 5.41) is 7.25. The van der Waals surface area contributed by atoms with Gasteiger partial charge in [-0.25, -0.2) is 0 Å². The topological polar surface area (TPSA) is 16.4 Å². The summed E-state index contributed by atoms with van der Waals surface area (Å²) in [6.45, 7) is 0. The fourth-order valence-corrected chi connectivity index (χ4v) is 8.76. The van der Waals surface area contributed by atoms with E-state index in [1.807, 2.05) is 12.1 Å². The van der Waals surface area contributed by atoms with Gasteiger partial charge in [0, 0.05) is 27.7 Å². The standard InChI is InChI=1S/C56H37NO/c1-2-15-38(16-3-1)45-22-6-7-24-47(45)40-18-12-20-43(35-40)57(54-29-10-8-25-49(54)42-32-34-56-53(37-42)52-26-9-11-30-55(52)58-56)44-21-13-19-41(36-44)48-27-14-28-50-46-23-5-4-17-39(46)31-33-51(48)50/h1-37H. The fraction of sp³-hybridized carbons (Fsp3) is 0. The summed E-state index contributed by atoms with van der Waals surface area (Å²) >= 11 is 0. The maximum absolute atomic E-state index is 6.26. The van der Waals surface area contributed by atoms with E-state index in [0.29, 0.717) is 0 Å². The van der Waals surface area contributed by atoms with Gasteiger partial charge in [0.25, 0.3) is 0 Å². The first-order valence-electron chi connectivity index (χ1n) is 19.8. The molecule has 10 aromatic carbocycles. The molecule has 1 aromatic heterocycles. The molecule has 58 heavy (non-hydrogen) atoms. The maximum atomic E-state index is 6.26. The normalized spacial score (nSPS) is 11.4. The van der Waals surface area contributed by atoms with Gasteiger partial charge in [-0.15, -0.1) is 0 Å². The van der Waals surface area contributed by atoms with Crippen molar-refractivity contribution in [2.45, 2.75) is 0 Å². The molecule has 0 amide bonds. The molecule has 0 saturated carbocycles. The van der Waals surface area contributed by atoms with E-state index in [1.165, 1.54) is 43.8 Å². The van der Waals surface area contributed by atoms with Gasteiger partial charge in [-0.3, -0.25) is 0 Å². The molecule has 0 N–H and O–H groups in total. The Morgan fingerprint density at radius 3 is 1.64 bits per heavy atom. The van der Waals surface area contributed by atoms with Gasteiger partial charge in [0.15, 0.2) is 0 Å². The first kappa shape index (κ1) is 33.6. The third kappa shape index (κ3) is 5.82. The molecular weight excluding hydrogens is 703 g/mol. The minimum absolute atomic E-state index is 0.889. The van der Waals surface area contributed by atoms with Crippen LogP contribution in [0.5, 0.6) is 0 Å². The number of nitrogens with zero attached hydrogens (tertiary/aromatic N) is 1. The Kier molecular flexibility index (Phi) is 8.19. The van der Waals surface area contributed by atoms with Crippen molar-refractivity contribution in [2.75, 3.05) is 4.90 Å². The summed E-state index contributed by atoms with van der Waals surface area (Å²) in [5.41, 5.74) is 14.4. The van der Waals surface area contributed by atoms with Crippen LogP contribution in [0.3, 0.4) is 0 Å². The van der Waals surface area contributed by atoms with E-state index in [4.69, 9.17) is 4.42 Å². The van der Waals surface area contributed by atoms with E-state index in [2.05, 4.69) is 217 Å². The Morgan fingerprint density at radius 2 is 0.828 bits per heavy atom. The summed E-state index contributed by atoms with van der Waals surface area (Å²) in [6.07, 6.45) is 0. The van der Waals surface area contributed by atoms with Crippen LogP contribution in [0.15, 0.2) is 229 Å². The molecule has 0 atom stereocenters. The third-order valence-electron chi connectivity index (χ3n) is 11.5. The smallest absolute Gasteiger partial charge is 0.135 e. The SMILES string of the molecule is c1ccc(-c2ccccc2-c2cccc(N(c3cccc(-c4cccc5c4ccc4ccccc45)c3)c3ccccc3-c3ccc4oc5ccccc5c4c3)c2)cc1.